The molecular formula is C24H25ClN2O4. The fourth-order valence-electron chi connectivity index (χ4n) is 3.78. The van der Waals surface area contributed by atoms with E-state index in [1.807, 2.05) is 31.2 Å². The predicted molar refractivity (Wildman–Crippen MR) is 119 cm³/mol. The predicted octanol–water partition coefficient (Wildman–Crippen LogP) is 4.96. The van der Waals surface area contributed by atoms with Gasteiger partial charge < -0.3 is 14.2 Å². The molecule has 2 aromatic carbocycles. The number of benzene rings is 2. The van der Waals surface area contributed by atoms with Crippen molar-refractivity contribution in [1.82, 2.24) is 9.78 Å². The maximum absolute atomic E-state index is 11.6. The van der Waals surface area contributed by atoms with Gasteiger partial charge in [-0.3, -0.25) is 0 Å². The molecular weight excluding hydrogens is 416 g/mol. The van der Waals surface area contributed by atoms with Crippen LogP contribution in [0.3, 0.4) is 0 Å². The van der Waals surface area contributed by atoms with Crippen molar-refractivity contribution in [2.24, 2.45) is 0 Å². The monoisotopic (exact) mass is 440 g/mol. The first-order valence-corrected chi connectivity index (χ1v) is 10.8. The number of carbonyl (C=O) groups excluding carboxylic acids is 1. The van der Waals surface area contributed by atoms with Gasteiger partial charge in [0.05, 0.1) is 36.5 Å². The Hall–Kier alpha value is -2.99. The maximum atomic E-state index is 11.6. The zero-order valence-corrected chi connectivity index (χ0v) is 18.4. The average Bonchev–Trinajstić information content (AvgIpc) is 3.40. The van der Waals surface area contributed by atoms with Crippen LogP contribution < -0.4 is 9.47 Å². The van der Waals surface area contributed by atoms with E-state index in [9.17, 15) is 4.79 Å². The van der Waals surface area contributed by atoms with Crippen LogP contribution in [0.15, 0.2) is 42.5 Å². The molecule has 31 heavy (non-hydrogen) atoms. The normalized spacial score (nSPS) is 12.5. The third-order valence-corrected chi connectivity index (χ3v) is 5.64. The molecule has 0 saturated carbocycles. The van der Waals surface area contributed by atoms with E-state index in [1.54, 1.807) is 16.8 Å². The van der Waals surface area contributed by atoms with Crippen molar-refractivity contribution in [2.75, 3.05) is 20.3 Å². The third-order valence-electron chi connectivity index (χ3n) is 5.34. The van der Waals surface area contributed by atoms with Crippen LogP contribution in [0.4, 0.5) is 0 Å². The highest BCUT2D eigenvalue weighted by Crippen LogP contribution is 2.33. The quantitative estimate of drug-likeness (QED) is 0.463. The Morgan fingerprint density at radius 2 is 1.84 bits per heavy atom. The number of nitrogens with zero attached hydrogens (tertiary/aromatic N) is 2. The van der Waals surface area contributed by atoms with Crippen molar-refractivity contribution in [3.05, 3.63) is 64.2 Å². The number of aromatic nitrogens is 2. The second kappa shape index (κ2) is 9.43. The molecule has 0 spiro atoms. The van der Waals surface area contributed by atoms with E-state index in [0.29, 0.717) is 42.0 Å². The Morgan fingerprint density at radius 1 is 1.10 bits per heavy atom. The molecule has 0 N–H and O–H groups in total. The Bertz CT molecular complexity index is 1080. The number of hydrogen-bond acceptors (Lipinski definition) is 5. The number of esters is 1. The zero-order valence-electron chi connectivity index (χ0n) is 17.7. The smallest absolute Gasteiger partial charge is 0.337 e. The molecule has 4 rings (SSSR count). The first-order valence-electron chi connectivity index (χ1n) is 10.4. The van der Waals surface area contributed by atoms with Gasteiger partial charge >= 0.3 is 5.97 Å². The summed E-state index contributed by atoms with van der Waals surface area (Å²) in [7, 11) is 1.37. The van der Waals surface area contributed by atoms with Crippen molar-refractivity contribution >= 4 is 17.6 Å². The molecule has 0 unspecified atom stereocenters. The topological polar surface area (TPSA) is 62.6 Å². The Balaban J connectivity index is 1.47. The number of halogens is 1. The molecule has 0 bridgehead atoms. The van der Waals surface area contributed by atoms with Crippen LogP contribution in [-0.2, 0) is 24.1 Å². The Morgan fingerprint density at radius 3 is 2.55 bits per heavy atom. The minimum atomic E-state index is -0.366. The van der Waals surface area contributed by atoms with E-state index in [2.05, 4.69) is 11.2 Å². The standard InChI is InChI=1S/C24H25ClN2O4/c1-3-30-23-15-21(16-7-9-17(10-8-16)24(28)29-2)26-27(23)11-12-31-22-14-19-6-4-5-18(19)13-20(22)25/h7-10,13-15H,3-6,11-12H2,1-2H3. The second-order valence-corrected chi connectivity index (χ2v) is 7.75. The van der Waals surface area contributed by atoms with Crippen LogP contribution >= 0.6 is 11.6 Å². The average molecular weight is 441 g/mol. The lowest BCUT2D eigenvalue weighted by Crippen LogP contribution is -2.12. The van der Waals surface area contributed by atoms with Crippen LogP contribution in [-0.4, -0.2) is 36.1 Å². The van der Waals surface area contributed by atoms with Crippen molar-refractivity contribution in [1.29, 1.82) is 0 Å². The molecule has 162 valence electrons. The molecule has 1 aliphatic rings. The minimum absolute atomic E-state index is 0.366. The second-order valence-electron chi connectivity index (χ2n) is 7.35. The van der Waals surface area contributed by atoms with Gasteiger partial charge in [0.15, 0.2) is 0 Å². The number of fused-ring (bicyclic) bond motifs is 1. The van der Waals surface area contributed by atoms with Crippen molar-refractivity contribution in [2.45, 2.75) is 32.7 Å². The number of rotatable bonds is 8. The molecule has 0 atom stereocenters. The molecule has 0 saturated heterocycles. The first kappa shape index (κ1) is 21.2. The fourth-order valence-corrected chi connectivity index (χ4v) is 4.02. The van der Waals surface area contributed by atoms with Gasteiger partial charge in [-0.1, -0.05) is 23.7 Å². The summed E-state index contributed by atoms with van der Waals surface area (Å²) in [5.41, 5.74) is 4.79. The van der Waals surface area contributed by atoms with Crippen molar-refractivity contribution in [3.8, 4) is 22.9 Å². The molecule has 7 heteroatoms. The highest BCUT2D eigenvalue weighted by molar-refractivity contribution is 6.32. The van der Waals surface area contributed by atoms with Crippen LogP contribution in [0.25, 0.3) is 11.3 Å². The molecule has 1 heterocycles. The minimum Gasteiger partial charge on any atom is -0.490 e. The molecule has 0 radical (unpaired) electrons. The number of aryl methyl sites for hydroxylation is 2. The van der Waals surface area contributed by atoms with E-state index in [-0.39, 0.29) is 5.97 Å². The maximum Gasteiger partial charge on any atom is 0.337 e. The van der Waals surface area contributed by atoms with E-state index < -0.39 is 0 Å². The molecule has 0 fully saturated rings. The van der Waals surface area contributed by atoms with Gasteiger partial charge in [-0.05, 0) is 61.6 Å². The van der Waals surface area contributed by atoms with Gasteiger partial charge in [0.1, 0.15) is 12.4 Å². The molecule has 0 aliphatic heterocycles. The van der Waals surface area contributed by atoms with Gasteiger partial charge in [0, 0.05) is 11.6 Å². The lowest BCUT2D eigenvalue weighted by Gasteiger charge is -2.12. The molecule has 1 aromatic heterocycles. The zero-order chi connectivity index (χ0) is 21.8. The summed E-state index contributed by atoms with van der Waals surface area (Å²) in [6, 6.07) is 13.1. The number of hydrogen-bond donors (Lipinski definition) is 0. The summed E-state index contributed by atoms with van der Waals surface area (Å²) in [4.78, 5) is 11.6. The third kappa shape index (κ3) is 4.69. The molecule has 1 aliphatic carbocycles. The van der Waals surface area contributed by atoms with Gasteiger partial charge in [-0.15, -0.1) is 0 Å². The highest BCUT2D eigenvalue weighted by atomic mass is 35.5. The Labute approximate surface area is 186 Å². The summed E-state index contributed by atoms with van der Waals surface area (Å²) in [6.45, 7) is 3.40. The largest absolute Gasteiger partial charge is 0.490 e. The van der Waals surface area contributed by atoms with Gasteiger partial charge in [0.25, 0.3) is 0 Å². The number of methoxy groups -OCH3 is 1. The molecule has 6 nitrogen and oxygen atoms in total. The highest BCUT2D eigenvalue weighted by Gasteiger charge is 2.16. The van der Waals surface area contributed by atoms with E-state index in [0.717, 1.165) is 24.1 Å². The lowest BCUT2D eigenvalue weighted by molar-refractivity contribution is 0.0600. The van der Waals surface area contributed by atoms with Gasteiger partial charge in [-0.25, -0.2) is 9.48 Å². The molecule has 0 amide bonds. The first-order chi connectivity index (χ1) is 15.1. The van der Waals surface area contributed by atoms with E-state index in [1.165, 1.54) is 24.7 Å². The SMILES string of the molecule is CCOc1cc(-c2ccc(C(=O)OC)cc2)nn1CCOc1cc2c(cc1Cl)CCC2. The molecule has 3 aromatic rings. The fraction of sp³-hybridized carbons (Fsp3) is 0.333. The summed E-state index contributed by atoms with van der Waals surface area (Å²) in [5.74, 6) is 1.01. The van der Waals surface area contributed by atoms with E-state index in [4.69, 9.17) is 25.8 Å². The van der Waals surface area contributed by atoms with Gasteiger partial charge in [0.2, 0.25) is 5.88 Å². The van der Waals surface area contributed by atoms with Crippen molar-refractivity contribution in [3.63, 3.8) is 0 Å². The summed E-state index contributed by atoms with van der Waals surface area (Å²) in [5, 5.41) is 5.32. The van der Waals surface area contributed by atoms with Crippen LogP contribution in [0.5, 0.6) is 11.6 Å². The van der Waals surface area contributed by atoms with Crippen LogP contribution in [0.1, 0.15) is 34.8 Å². The summed E-state index contributed by atoms with van der Waals surface area (Å²) >= 11 is 6.40. The number of carbonyl (C=O) groups is 1. The van der Waals surface area contributed by atoms with E-state index >= 15 is 0 Å². The summed E-state index contributed by atoms with van der Waals surface area (Å²) in [6.07, 6.45) is 3.34. The lowest BCUT2D eigenvalue weighted by atomic mass is 10.1. The number of ether oxygens (including phenoxy) is 3. The van der Waals surface area contributed by atoms with Crippen molar-refractivity contribution < 1.29 is 19.0 Å². The Kier molecular flexibility index (Phi) is 6.47. The van der Waals surface area contributed by atoms with Crippen LogP contribution in [0, 0.1) is 0 Å². The summed E-state index contributed by atoms with van der Waals surface area (Å²) < 4.78 is 18.3. The van der Waals surface area contributed by atoms with Crippen LogP contribution in [0.2, 0.25) is 5.02 Å². The van der Waals surface area contributed by atoms with Gasteiger partial charge in [-0.2, -0.15) is 5.10 Å².